The lowest BCUT2D eigenvalue weighted by molar-refractivity contribution is 0.0924. The molecule has 0 fully saturated rings. The molecule has 2 aromatic carbocycles. The first-order valence-electron chi connectivity index (χ1n) is 11.4. The molecule has 5 rings (SSSR count). The molecule has 8 nitrogen and oxygen atoms in total. The van der Waals surface area contributed by atoms with Gasteiger partial charge in [0.05, 0.1) is 43.4 Å². The number of fused-ring (bicyclic) bond motifs is 1. The van der Waals surface area contributed by atoms with Crippen LogP contribution in [0.3, 0.4) is 0 Å². The number of aromatic nitrogens is 4. The van der Waals surface area contributed by atoms with Crippen molar-refractivity contribution in [1.29, 1.82) is 0 Å². The number of methoxy groups -OCH3 is 1. The number of rotatable bonds is 8. The lowest BCUT2D eigenvalue weighted by Gasteiger charge is -2.18. The summed E-state index contributed by atoms with van der Waals surface area (Å²) in [5.41, 5.74) is 3.46. The summed E-state index contributed by atoms with van der Waals surface area (Å²) in [7, 11) is -1.98. The molecule has 1 aliphatic rings. The largest absolute Gasteiger partial charge is 0.497 e. The van der Waals surface area contributed by atoms with Gasteiger partial charge in [0.1, 0.15) is 17.4 Å². The molecule has 0 saturated heterocycles. The Morgan fingerprint density at radius 3 is 2.50 bits per heavy atom. The van der Waals surface area contributed by atoms with Crippen molar-refractivity contribution in [2.45, 2.75) is 30.6 Å². The molecule has 3 heterocycles. The molecule has 4 aromatic rings. The second-order valence-electron chi connectivity index (χ2n) is 8.65. The van der Waals surface area contributed by atoms with E-state index in [1.807, 2.05) is 24.3 Å². The van der Waals surface area contributed by atoms with E-state index in [1.54, 1.807) is 25.3 Å². The van der Waals surface area contributed by atoms with E-state index in [0.717, 1.165) is 36.2 Å². The number of halogens is 1. The van der Waals surface area contributed by atoms with Crippen LogP contribution in [0.1, 0.15) is 23.9 Å². The van der Waals surface area contributed by atoms with Gasteiger partial charge in [0, 0.05) is 24.4 Å². The van der Waals surface area contributed by atoms with Crippen LogP contribution in [-0.2, 0) is 27.6 Å². The number of aryl methyl sites for hydroxylation is 1. The fourth-order valence-electron chi connectivity index (χ4n) is 4.37. The quantitative estimate of drug-likeness (QED) is 0.328. The van der Waals surface area contributed by atoms with Gasteiger partial charge in [-0.15, -0.1) is 0 Å². The molecule has 36 heavy (non-hydrogen) atoms. The molecule has 10 heteroatoms. The number of ether oxygens (including phenoxy) is 2. The molecular weight excluding hydrogens is 483 g/mol. The molecule has 0 radical (unpaired) electrons. The second kappa shape index (κ2) is 9.79. The van der Waals surface area contributed by atoms with Crippen LogP contribution in [-0.4, -0.2) is 47.9 Å². The van der Waals surface area contributed by atoms with E-state index in [1.165, 1.54) is 18.3 Å². The number of imidazole rings is 1. The van der Waals surface area contributed by atoms with Crippen molar-refractivity contribution >= 4 is 9.84 Å². The zero-order chi connectivity index (χ0) is 25.3. The Morgan fingerprint density at radius 2 is 1.81 bits per heavy atom. The third-order valence-corrected chi connectivity index (χ3v) is 6.97. The Labute approximate surface area is 208 Å². The second-order valence-corrected chi connectivity index (χ2v) is 10.6. The Balaban J connectivity index is 1.50. The van der Waals surface area contributed by atoms with E-state index in [-0.39, 0.29) is 17.0 Å². The lowest BCUT2D eigenvalue weighted by Crippen LogP contribution is -2.14. The van der Waals surface area contributed by atoms with Crippen LogP contribution in [0, 0.1) is 5.82 Å². The molecule has 0 spiro atoms. The van der Waals surface area contributed by atoms with Crippen LogP contribution in [0.5, 0.6) is 5.75 Å². The Bertz CT molecular complexity index is 1490. The molecule has 0 aliphatic carbocycles. The van der Waals surface area contributed by atoms with E-state index >= 15 is 0 Å². The zero-order valence-electron chi connectivity index (χ0n) is 19.9. The van der Waals surface area contributed by atoms with Crippen LogP contribution >= 0.6 is 0 Å². The van der Waals surface area contributed by atoms with Crippen LogP contribution < -0.4 is 4.74 Å². The normalized spacial score (nSPS) is 15.1. The van der Waals surface area contributed by atoms with Crippen LogP contribution in [0.15, 0.2) is 66.0 Å². The topological polar surface area (TPSA) is 96.2 Å². The van der Waals surface area contributed by atoms with Gasteiger partial charge in [-0.25, -0.2) is 27.8 Å². The van der Waals surface area contributed by atoms with Gasteiger partial charge in [0.25, 0.3) is 0 Å². The minimum atomic E-state index is -3.61. The Morgan fingerprint density at radius 1 is 1.06 bits per heavy atom. The molecule has 1 aliphatic heterocycles. The average Bonchev–Trinajstić information content (AvgIpc) is 3.44. The highest BCUT2D eigenvalue weighted by Gasteiger charge is 2.31. The highest BCUT2D eigenvalue weighted by molar-refractivity contribution is 7.90. The van der Waals surface area contributed by atoms with E-state index in [0.29, 0.717) is 35.9 Å². The molecule has 0 bridgehead atoms. The van der Waals surface area contributed by atoms with Crippen molar-refractivity contribution in [1.82, 2.24) is 19.5 Å². The zero-order valence-corrected chi connectivity index (χ0v) is 20.7. The van der Waals surface area contributed by atoms with Gasteiger partial charge in [0.15, 0.2) is 0 Å². The molecule has 2 aromatic heterocycles. The first kappa shape index (κ1) is 24.1. The van der Waals surface area contributed by atoms with Gasteiger partial charge < -0.3 is 14.0 Å². The summed E-state index contributed by atoms with van der Waals surface area (Å²) in [5.74, 6) is 1.29. The number of benzene rings is 2. The van der Waals surface area contributed by atoms with Crippen LogP contribution in [0.2, 0.25) is 0 Å². The molecule has 0 saturated carbocycles. The van der Waals surface area contributed by atoms with E-state index in [2.05, 4.69) is 14.5 Å². The minimum Gasteiger partial charge on any atom is -0.497 e. The van der Waals surface area contributed by atoms with Crippen molar-refractivity contribution in [3.8, 4) is 28.4 Å². The minimum absolute atomic E-state index is 0.0217. The van der Waals surface area contributed by atoms with E-state index < -0.39 is 9.84 Å². The monoisotopic (exact) mass is 508 g/mol. The predicted molar refractivity (Wildman–Crippen MR) is 132 cm³/mol. The van der Waals surface area contributed by atoms with Gasteiger partial charge in [0.2, 0.25) is 15.0 Å². The SMILES string of the molecule is COc1ccc(COC[C@@H]2CCc3nc(-c4ccc(F)cc4)c(-c4ccnc(S(C)(=O)=O)n4)n32)cc1. The number of nitrogens with zero attached hydrogens (tertiary/aromatic N) is 4. The maximum absolute atomic E-state index is 13.6. The molecule has 186 valence electrons. The molecule has 0 N–H and O–H groups in total. The van der Waals surface area contributed by atoms with Crippen molar-refractivity contribution in [3.63, 3.8) is 0 Å². The summed E-state index contributed by atoms with van der Waals surface area (Å²) in [4.78, 5) is 13.1. The first-order valence-corrected chi connectivity index (χ1v) is 13.3. The van der Waals surface area contributed by atoms with Gasteiger partial charge in [-0.2, -0.15) is 0 Å². The lowest BCUT2D eigenvalue weighted by atomic mass is 10.1. The number of hydrogen-bond donors (Lipinski definition) is 0. The summed E-state index contributed by atoms with van der Waals surface area (Å²) >= 11 is 0. The predicted octanol–water partition coefficient (Wildman–Crippen LogP) is 4.26. The van der Waals surface area contributed by atoms with Crippen molar-refractivity contribution in [3.05, 3.63) is 78.0 Å². The molecule has 0 amide bonds. The van der Waals surface area contributed by atoms with Gasteiger partial charge in [-0.1, -0.05) is 12.1 Å². The van der Waals surface area contributed by atoms with E-state index in [4.69, 9.17) is 14.5 Å². The van der Waals surface area contributed by atoms with Gasteiger partial charge >= 0.3 is 0 Å². The van der Waals surface area contributed by atoms with Crippen LogP contribution in [0.25, 0.3) is 22.6 Å². The number of hydrogen-bond acceptors (Lipinski definition) is 7. The van der Waals surface area contributed by atoms with Crippen molar-refractivity contribution in [2.24, 2.45) is 0 Å². The summed E-state index contributed by atoms with van der Waals surface area (Å²) in [6.45, 7) is 0.881. The Hall–Kier alpha value is -3.63. The Kier molecular flexibility index (Phi) is 6.55. The number of sulfone groups is 1. The first-order chi connectivity index (χ1) is 17.3. The highest BCUT2D eigenvalue weighted by Crippen LogP contribution is 2.39. The van der Waals surface area contributed by atoms with Gasteiger partial charge in [-0.05, 0) is 54.4 Å². The smallest absolute Gasteiger partial charge is 0.247 e. The fraction of sp³-hybridized carbons (Fsp3) is 0.269. The summed E-state index contributed by atoms with van der Waals surface area (Å²) < 4.78 is 51.2. The summed E-state index contributed by atoms with van der Waals surface area (Å²) in [6.07, 6.45) is 4.06. The highest BCUT2D eigenvalue weighted by atomic mass is 32.2. The van der Waals surface area contributed by atoms with Crippen LogP contribution in [0.4, 0.5) is 4.39 Å². The molecule has 1 atom stereocenters. The van der Waals surface area contributed by atoms with Crippen molar-refractivity contribution < 1.29 is 22.3 Å². The maximum Gasteiger partial charge on any atom is 0.247 e. The standard InChI is InChI=1S/C26H25FN4O4S/c1-34-21-10-3-17(4-11-21)15-35-16-20-9-12-23-30-24(18-5-7-19(27)8-6-18)25(31(20)23)22-13-14-28-26(29-22)36(2,32)33/h3-8,10-11,13-14,20H,9,12,15-16H2,1-2H3/t20-/m0/s1. The third kappa shape index (κ3) is 4.87. The molecular formula is C26H25FN4O4S. The maximum atomic E-state index is 13.6. The fourth-order valence-corrected chi connectivity index (χ4v) is 4.89. The van der Waals surface area contributed by atoms with E-state index in [9.17, 15) is 12.8 Å². The summed E-state index contributed by atoms with van der Waals surface area (Å²) in [5, 5.41) is -0.258. The summed E-state index contributed by atoms with van der Waals surface area (Å²) in [6, 6.07) is 15.4. The van der Waals surface area contributed by atoms with Crippen molar-refractivity contribution in [2.75, 3.05) is 20.0 Å². The molecule has 0 unspecified atom stereocenters. The van der Waals surface area contributed by atoms with Gasteiger partial charge in [-0.3, -0.25) is 0 Å². The average molecular weight is 509 g/mol. The third-order valence-electron chi connectivity index (χ3n) is 6.11.